The Labute approximate surface area is 212 Å². The summed E-state index contributed by atoms with van der Waals surface area (Å²) in [7, 11) is -2.35. The van der Waals surface area contributed by atoms with Gasteiger partial charge < -0.3 is 19.8 Å². The van der Waals surface area contributed by atoms with Crippen molar-refractivity contribution in [1.82, 2.24) is 5.32 Å². The number of carbonyl (C=O) groups excluding carboxylic acids is 2. The summed E-state index contributed by atoms with van der Waals surface area (Å²) >= 11 is 7.22. The zero-order valence-electron chi connectivity index (χ0n) is 19.1. The van der Waals surface area contributed by atoms with Crippen LogP contribution >= 0.6 is 22.9 Å². The summed E-state index contributed by atoms with van der Waals surface area (Å²) in [4.78, 5) is 27.0. The van der Waals surface area contributed by atoms with Crippen LogP contribution in [0, 0.1) is 0 Å². The van der Waals surface area contributed by atoms with Crippen LogP contribution in [0.1, 0.15) is 50.6 Å². The predicted molar refractivity (Wildman–Crippen MR) is 133 cm³/mol. The van der Waals surface area contributed by atoms with Gasteiger partial charge in [0.25, 0.3) is 11.8 Å². The van der Waals surface area contributed by atoms with Crippen molar-refractivity contribution in [2.45, 2.75) is 42.1 Å². The Morgan fingerprint density at radius 3 is 2.57 bits per heavy atom. The smallest absolute Gasteiger partial charge is 0.292 e. The van der Waals surface area contributed by atoms with Crippen LogP contribution in [0.4, 0.5) is 5.00 Å². The van der Waals surface area contributed by atoms with Gasteiger partial charge in [-0.05, 0) is 74.1 Å². The van der Waals surface area contributed by atoms with Gasteiger partial charge in [-0.25, -0.2) is 8.42 Å². The first kappa shape index (κ1) is 25.4. The fraction of sp³-hybridized carbons (Fsp3) is 0.333. The number of hydrogen-bond donors (Lipinski definition) is 2. The molecule has 2 heterocycles. The molecule has 0 saturated carbocycles. The van der Waals surface area contributed by atoms with Crippen molar-refractivity contribution in [3.05, 3.63) is 63.2 Å². The van der Waals surface area contributed by atoms with Crippen LogP contribution in [0.3, 0.4) is 0 Å². The van der Waals surface area contributed by atoms with Crippen molar-refractivity contribution in [3.63, 3.8) is 0 Å². The summed E-state index contributed by atoms with van der Waals surface area (Å²) in [5, 5.41) is 6.14. The van der Waals surface area contributed by atoms with Gasteiger partial charge in [-0.2, -0.15) is 0 Å². The Morgan fingerprint density at radius 1 is 1.09 bits per heavy atom. The third-order valence-corrected chi connectivity index (χ3v) is 8.73. The third-order valence-electron chi connectivity index (χ3n) is 5.63. The lowest BCUT2D eigenvalue weighted by molar-refractivity contribution is 0.0948. The Balaban J connectivity index is 1.55. The number of fused-ring (bicyclic) bond motifs is 1. The van der Waals surface area contributed by atoms with Crippen LogP contribution in [0.2, 0.25) is 5.02 Å². The number of benzene rings is 1. The number of ether oxygens (including phenoxy) is 1. The lowest BCUT2D eigenvalue weighted by Crippen LogP contribution is -2.27. The molecule has 0 unspecified atom stereocenters. The van der Waals surface area contributed by atoms with Crippen LogP contribution < -0.4 is 10.6 Å². The van der Waals surface area contributed by atoms with E-state index in [1.54, 1.807) is 7.11 Å². The van der Waals surface area contributed by atoms with Gasteiger partial charge in [0.2, 0.25) is 14.9 Å². The maximum absolute atomic E-state index is 13.0. The van der Waals surface area contributed by atoms with E-state index in [0.29, 0.717) is 35.2 Å². The third kappa shape index (κ3) is 5.61. The number of hydrogen-bond acceptors (Lipinski definition) is 7. The zero-order chi connectivity index (χ0) is 25.0. The number of halogens is 1. The van der Waals surface area contributed by atoms with Crippen LogP contribution in [-0.4, -0.2) is 40.5 Å². The highest BCUT2D eigenvalue weighted by atomic mass is 35.5. The summed E-state index contributed by atoms with van der Waals surface area (Å²) < 4.78 is 36.1. The molecule has 0 spiro atoms. The van der Waals surface area contributed by atoms with Crippen molar-refractivity contribution >= 4 is 49.6 Å². The fourth-order valence-electron chi connectivity index (χ4n) is 3.88. The molecule has 2 amide bonds. The van der Waals surface area contributed by atoms with Gasteiger partial charge in [0.1, 0.15) is 5.00 Å². The molecule has 35 heavy (non-hydrogen) atoms. The van der Waals surface area contributed by atoms with E-state index in [1.165, 1.54) is 47.7 Å². The lowest BCUT2D eigenvalue weighted by atomic mass is 9.95. The minimum absolute atomic E-state index is 0.00145. The topological polar surface area (TPSA) is 115 Å². The van der Waals surface area contributed by atoms with E-state index in [0.717, 1.165) is 36.1 Å². The fourth-order valence-corrected chi connectivity index (χ4v) is 6.46. The van der Waals surface area contributed by atoms with Crippen molar-refractivity contribution in [1.29, 1.82) is 0 Å². The minimum atomic E-state index is -3.96. The van der Waals surface area contributed by atoms with E-state index >= 15 is 0 Å². The highest BCUT2D eigenvalue weighted by molar-refractivity contribution is 7.91. The van der Waals surface area contributed by atoms with Gasteiger partial charge in [0.05, 0.1) is 10.5 Å². The molecule has 1 aromatic carbocycles. The molecule has 4 rings (SSSR count). The van der Waals surface area contributed by atoms with Crippen LogP contribution in [0.25, 0.3) is 0 Å². The Hall–Kier alpha value is -2.66. The highest BCUT2D eigenvalue weighted by Crippen LogP contribution is 2.38. The monoisotopic (exact) mass is 536 g/mol. The molecule has 0 saturated heterocycles. The molecule has 0 atom stereocenters. The molecule has 0 fully saturated rings. The molecule has 2 aromatic heterocycles. The van der Waals surface area contributed by atoms with E-state index in [9.17, 15) is 18.0 Å². The number of anilines is 1. The second kappa shape index (κ2) is 10.9. The Bertz CT molecular complexity index is 1330. The summed E-state index contributed by atoms with van der Waals surface area (Å²) in [5.41, 5.74) is 1.43. The number of amides is 2. The summed E-state index contributed by atoms with van der Waals surface area (Å²) in [6, 6.07) is 8.20. The van der Waals surface area contributed by atoms with E-state index in [-0.39, 0.29) is 21.7 Å². The number of nitrogens with one attached hydrogen (secondary N) is 2. The molecular formula is C24H25ClN2O6S2. The molecule has 0 radical (unpaired) electrons. The van der Waals surface area contributed by atoms with Crippen molar-refractivity contribution in [3.8, 4) is 0 Å². The molecule has 1 aliphatic rings. The molecular weight excluding hydrogens is 512 g/mol. The normalized spacial score (nSPS) is 13.3. The second-order valence-corrected chi connectivity index (χ2v) is 11.5. The molecule has 11 heteroatoms. The number of aryl methyl sites for hydroxylation is 1. The predicted octanol–water partition coefficient (Wildman–Crippen LogP) is 4.72. The van der Waals surface area contributed by atoms with E-state index in [2.05, 4.69) is 10.6 Å². The molecule has 3 aromatic rings. The number of thiophene rings is 1. The SMILES string of the molecule is COCCCNC(=O)c1c(NC(=O)c2ccc(S(=O)(=O)c3ccc(Cl)cc3)o2)sc2c1CCCC2. The Morgan fingerprint density at radius 2 is 1.83 bits per heavy atom. The van der Waals surface area contributed by atoms with Gasteiger partial charge >= 0.3 is 0 Å². The van der Waals surface area contributed by atoms with Gasteiger partial charge in [-0.3, -0.25) is 9.59 Å². The number of sulfone groups is 1. The molecule has 2 N–H and O–H groups in total. The first-order valence-corrected chi connectivity index (χ1v) is 13.8. The molecule has 8 nitrogen and oxygen atoms in total. The van der Waals surface area contributed by atoms with E-state index < -0.39 is 15.7 Å². The molecule has 0 bridgehead atoms. The van der Waals surface area contributed by atoms with Crippen LogP contribution in [0.5, 0.6) is 0 Å². The average molecular weight is 537 g/mol. The maximum Gasteiger partial charge on any atom is 0.292 e. The van der Waals surface area contributed by atoms with Gasteiger partial charge in [-0.1, -0.05) is 11.6 Å². The quantitative estimate of drug-likeness (QED) is 0.382. The summed E-state index contributed by atoms with van der Waals surface area (Å²) in [6.45, 7) is 0.986. The van der Waals surface area contributed by atoms with Crippen molar-refractivity contribution in [2.24, 2.45) is 0 Å². The van der Waals surface area contributed by atoms with Gasteiger partial charge in [0, 0.05) is 30.2 Å². The number of rotatable bonds is 9. The van der Waals surface area contributed by atoms with E-state index in [4.69, 9.17) is 20.8 Å². The first-order valence-electron chi connectivity index (χ1n) is 11.1. The zero-order valence-corrected chi connectivity index (χ0v) is 21.4. The summed E-state index contributed by atoms with van der Waals surface area (Å²) in [5.74, 6) is -1.05. The second-order valence-electron chi connectivity index (χ2n) is 8.05. The largest absolute Gasteiger partial charge is 0.439 e. The van der Waals surface area contributed by atoms with Crippen molar-refractivity contribution in [2.75, 3.05) is 25.6 Å². The number of methoxy groups -OCH3 is 1. The van der Waals surface area contributed by atoms with Gasteiger partial charge in [0.15, 0.2) is 5.76 Å². The summed E-state index contributed by atoms with van der Waals surface area (Å²) in [6.07, 6.45) is 4.30. The Kier molecular flexibility index (Phi) is 7.95. The average Bonchev–Trinajstić information content (AvgIpc) is 3.48. The number of furan rings is 1. The van der Waals surface area contributed by atoms with Crippen molar-refractivity contribution < 1.29 is 27.2 Å². The minimum Gasteiger partial charge on any atom is -0.439 e. The lowest BCUT2D eigenvalue weighted by Gasteiger charge is -2.13. The molecule has 186 valence electrons. The van der Waals surface area contributed by atoms with E-state index in [1.807, 2.05) is 0 Å². The van der Waals surface area contributed by atoms with Crippen LogP contribution in [0.15, 0.2) is 50.8 Å². The van der Waals surface area contributed by atoms with Gasteiger partial charge in [-0.15, -0.1) is 11.3 Å². The molecule has 0 aliphatic heterocycles. The maximum atomic E-state index is 13.0. The number of carbonyl (C=O) groups is 2. The van der Waals surface area contributed by atoms with Crippen LogP contribution in [-0.2, 0) is 27.4 Å². The first-order chi connectivity index (χ1) is 16.8. The standard InChI is InChI=1S/C24H25ClN2O6S2/c1-32-14-4-13-26-23(29)21-17-5-2-3-6-19(17)34-24(21)27-22(28)18-11-12-20(33-18)35(30,31)16-9-7-15(25)8-10-16/h7-12H,2-6,13-14H2,1H3,(H,26,29)(H,27,28). The molecule has 1 aliphatic carbocycles. The highest BCUT2D eigenvalue weighted by Gasteiger charge is 2.28.